The van der Waals surface area contributed by atoms with Crippen LogP contribution in [0.25, 0.3) is 0 Å². The van der Waals surface area contributed by atoms with Gasteiger partial charge in [0.15, 0.2) is 0 Å². The predicted molar refractivity (Wildman–Crippen MR) is 65.7 cm³/mol. The summed E-state index contributed by atoms with van der Waals surface area (Å²) >= 11 is 0. The highest BCUT2D eigenvalue weighted by Crippen LogP contribution is 2.12. The van der Waals surface area contributed by atoms with E-state index in [4.69, 9.17) is 17.8 Å². The summed E-state index contributed by atoms with van der Waals surface area (Å²) in [7, 11) is 5.40. The Bertz CT molecular complexity index is 329. The minimum Gasteiger partial charge on any atom is -0.494 e. The second-order valence-electron chi connectivity index (χ2n) is 3.69. The first-order valence-corrected chi connectivity index (χ1v) is 5.70. The average Bonchev–Trinajstić information content (AvgIpc) is 2.34. The highest BCUT2D eigenvalue weighted by molar-refractivity contribution is 6.08. The molecule has 0 atom stereocenters. The van der Waals surface area contributed by atoms with E-state index in [2.05, 4.69) is 6.07 Å². The average molecular weight is 213 g/mol. The SMILES string of the molecule is [B]CCCCCCOc1ccc(C#N)cc1. The van der Waals surface area contributed by atoms with Crippen LogP contribution in [0.5, 0.6) is 5.75 Å². The molecule has 2 radical (unpaired) electrons. The molecule has 0 aliphatic rings. The van der Waals surface area contributed by atoms with Crippen LogP contribution in [0, 0.1) is 11.3 Å². The van der Waals surface area contributed by atoms with Crippen LogP contribution < -0.4 is 4.74 Å². The summed E-state index contributed by atoms with van der Waals surface area (Å²) in [6.07, 6.45) is 5.26. The van der Waals surface area contributed by atoms with Crippen LogP contribution >= 0.6 is 0 Å². The van der Waals surface area contributed by atoms with E-state index in [0.717, 1.165) is 37.9 Å². The molecular weight excluding hydrogens is 197 g/mol. The van der Waals surface area contributed by atoms with E-state index in [9.17, 15) is 0 Å². The normalized spacial score (nSPS) is 9.69. The van der Waals surface area contributed by atoms with E-state index in [1.54, 1.807) is 12.1 Å². The molecule has 0 fully saturated rings. The molecule has 0 heterocycles. The van der Waals surface area contributed by atoms with Crippen LogP contribution in [0.3, 0.4) is 0 Å². The van der Waals surface area contributed by atoms with Gasteiger partial charge >= 0.3 is 0 Å². The molecule has 0 aliphatic heterocycles. The Morgan fingerprint density at radius 1 is 1.06 bits per heavy atom. The zero-order chi connectivity index (χ0) is 11.6. The molecule has 2 nitrogen and oxygen atoms in total. The fourth-order valence-corrected chi connectivity index (χ4v) is 1.42. The molecule has 0 spiro atoms. The zero-order valence-corrected chi connectivity index (χ0v) is 9.48. The molecule has 1 rings (SSSR count). The van der Waals surface area contributed by atoms with E-state index >= 15 is 0 Å². The number of rotatable bonds is 7. The van der Waals surface area contributed by atoms with E-state index in [1.165, 1.54) is 6.42 Å². The lowest BCUT2D eigenvalue weighted by atomic mass is 9.99. The quantitative estimate of drug-likeness (QED) is 0.515. The van der Waals surface area contributed by atoms with Gasteiger partial charge in [0.25, 0.3) is 0 Å². The van der Waals surface area contributed by atoms with Crippen LogP contribution in [0.15, 0.2) is 24.3 Å². The minimum atomic E-state index is 0.662. The van der Waals surface area contributed by atoms with E-state index < -0.39 is 0 Å². The maximum atomic E-state index is 8.62. The second kappa shape index (κ2) is 7.81. The Morgan fingerprint density at radius 2 is 1.75 bits per heavy atom. The Balaban J connectivity index is 2.15. The van der Waals surface area contributed by atoms with Crippen molar-refractivity contribution in [2.45, 2.75) is 32.0 Å². The molecule has 82 valence electrons. The molecule has 1 aromatic carbocycles. The van der Waals surface area contributed by atoms with Crippen molar-refractivity contribution in [1.29, 1.82) is 5.26 Å². The van der Waals surface area contributed by atoms with Crippen molar-refractivity contribution in [3.63, 3.8) is 0 Å². The van der Waals surface area contributed by atoms with Crippen molar-refractivity contribution < 1.29 is 4.74 Å². The second-order valence-corrected chi connectivity index (χ2v) is 3.69. The summed E-state index contributed by atoms with van der Waals surface area (Å²) in [6, 6.07) is 9.28. The standard InChI is InChI=1S/C13H16BNO/c14-9-3-1-2-4-10-16-13-7-5-12(11-15)6-8-13/h5-8H,1-4,9-10H2. The number of hydrogen-bond acceptors (Lipinski definition) is 2. The van der Waals surface area contributed by atoms with Gasteiger partial charge < -0.3 is 4.74 Å². The summed E-state index contributed by atoms with van der Waals surface area (Å²) in [5, 5.41) is 8.62. The number of nitrogens with zero attached hydrogens (tertiary/aromatic N) is 1. The number of ether oxygens (including phenoxy) is 1. The molecule has 0 saturated carbocycles. The van der Waals surface area contributed by atoms with Crippen molar-refractivity contribution in [3.05, 3.63) is 29.8 Å². The van der Waals surface area contributed by atoms with E-state index in [-0.39, 0.29) is 0 Å². The third kappa shape index (κ3) is 4.88. The third-order valence-electron chi connectivity index (χ3n) is 2.35. The van der Waals surface area contributed by atoms with Gasteiger partial charge in [-0.05, 0) is 30.7 Å². The monoisotopic (exact) mass is 213 g/mol. The van der Waals surface area contributed by atoms with Crippen molar-refractivity contribution in [3.8, 4) is 11.8 Å². The Morgan fingerprint density at radius 3 is 2.38 bits per heavy atom. The van der Waals surface area contributed by atoms with E-state index in [1.807, 2.05) is 12.1 Å². The zero-order valence-electron chi connectivity index (χ0n) is 9.48. The molecule has 3 heteroatoms. The Kier molecular flexibility index (Phi) is 6.17. The number of hydrogen-bond donors (Lipinski definition) is 0. The van der Waals surface area contributed by atoms with Gasteiger partial charge in [-0.1, -0.05) is 25.6 Å². The molecular formula is C13H16BNO. The maximum absolute atomic E-state index is 8.62. The summed E-state index contributed by atoms with van der Waals surface area (Å²) in [4.78, 5) is 0. The van der Waals surface area contributed by atoms with Crippen LogP contribution in [-0.4, -0.2) is 14.5 Å². The summed E-state index contributed by atoms with van der Waals surface area (Å²) in [5.74, 6) is 0.831. The maximum Gasteiger partial charge on any atom is 0.119 e. The van der Waals surface area contributed by atoms with Crippen molar-refractivity contribution in [1.82, 2.24) is 0 Å². The molecule has 0 amide bonds. The lowest BCUT2D eigenvalue weighted by Crippen LogP contribution is -1.97. The molecule has 16 heavy (non-hydrogen) atoms. The number of benzene rings is 1. The first-order chi connectivity index (χ1) is 7.86. The molecule has 0 aromatic heterocycles. The fourth-order valence-electron chi connectivity index (χ4n) is 1.42. The van der Waals surface area contributed by atoms with Gasteiger partial charge in [0, 0.05) is 0 Å². The Labute approximate surface area is 98.6 Å². The summed E-state index contributed by atoms with van der Waals surface area (Å²) in [5.41, 5.74) is 0.662. The van der Waals surface area contributed by atoms with Crippen LogP contribution in [-0.2, 0) is 0 Å². The topological polar surface area (TPSA) is 33.0 Å². The smallest absolute Gasteiger partial charge is 0.119 e. The summed E-state index contributed by atoms with van der Waals surface area (Å²) < 4.78 is 5.55. The summed E-state index contributed by atoms with van der Waals surface area (Å²) in [6.45, 7) is 0.733. The predicted octanol–water partition coefficient (Wildman–Crippen LogP) is 3.08. The van der Waals surface area contributed by atoms with Crippen LogP contribution in [0.4, 0.5) is 0 Å². The van der Waals surface area contributed by atoms with Crippen molar-refractivity contribution >= 4 is 7.85 Å². The first-order valence-electron chi connectivity index (χ1n) is 5.70. The molecule has 0 aliphatic carbocycles. The lowest BCUT2D eigenvalue weighted by Gasteiger charge is -2.05. The highest BCUT2D eigenvalue weighted by atomic mass is 16.5. The number of unbranched alkanes of at least 4 members (excludes halogenated alkanes) is 3. The molecule has 0 N–H and O–H groups in total. The molecule has 0 bridgehead atoms. The lowest BCUT2D eigenvalue weighted by molar-refractivity contribution is 0.305. The third-order valence-corrected chi connectivity index (χ3v) is 2.35. The van der Waals surface area contributed by atoms with Gasteiger partial charge in [0.05, 0.1) is 26.1 Å². The number of nitriles is 1. The van der Waals surface area contributed by atoms with Crippen molar-refractivity contribution in [2.24, 2.45) is 0 Å². The van der Waals surface area contributed by atoms with Gasteiger partial charge in [-0.15, -0.1) is 0 Å². The van der Waals surface area contributed by atoms with E-state index in [0.29, 0.717) is 5.56 Å². The highest BCUT2D eigenvalue weighted by Gasteiger charge is 1.94. The minimum absolute atomic E-state index is 0.662. The van der Waals surface area contributed by atoms with Gasteiger partial charge in [-0.2, -0.15) is 5.26 Å². The van der Waals surface area contributed by atoms with Crippen LogP contribution in [0.2, 0.25) is 6.32 Å². The van der Waals surface area contributed by atoms with Gasteiger partial charge in [0.1, 0.15) is 5.75 Å². The fraction of sp³-hybridized carbons (Fsp3) is 0.462. The molecule has 1 aromatic rings. The van der Waals surface area contributed by atoms with Gasteiger partial charge in [0.2, 0.25) is 0 Å². The molecule has 0 unspecified atom stereocenters. The van der Waals surface area contributed by atoms with Crippen LogP contribution in [0.1, 0.15) is 31.2 Å². The van der Waals surface area contributed by atoms with Gasteiger partial charge in [-0.25, -0.2) is 0 Å². The largest absolute Gasteiger partial charge is 0.494 e. The van der Waals surface area contributed by atoms with Crippen molar-refractivity contribution in [2.75, 3.05) is 6.61 Å². The molecule has 0 saturated heterocycles. The Hall–Kier alpha value is -1.43. The first kappa shape index (κ1) is 12.6. The van der Waals surface area contributed by atoms with Gasteiger partial charge in [-0.3, -0.25) is 0 Å².